The van der Waals surface area contributed by atoms with E-state index in [2.05, 4.69) is 4.90 Å². The highest BCUT2D eigenvalue weighted by Gasteiger charge is 2.64. The van der Waals surface area contributed by atoms with Crippen molar-refractivity contribution in [3.63, 3.8) is 0 Å². The van der Waals surface area contributed by atoms with Crippen LogP contribution >= 0.6 is 0 Å². The van der Waals surface area contributed by atoms with Crippen LogP contribution in [-0.4, -0.2) is 112 Å². The molecule has 1 aliphatic heterocycles. The lowest BCUT2D eigenvalue weighted by atomic mass is 9.57. The van der Waals surface area contributed by atoms with E-state index in [4.69, 9.17) is 5.73 Å². The fourth-order valence-corrected chi connectivity index (χ4v) is 7.21. The molecule has 1 saturated heterocycles. The van der Waals surface area contributed by atoms with E-state index in [9.17, 15) is 39.9 Å². The van der Waals surface area contributed by atoms with E-state index in [0.29, 0.717) is 12.1 Å². The van der Waals surface area contributed by atoms with Crippen LogP contribution in [0.3, 0.4) is 0 Å². The molecule has 2 fully saturated rings. The second-order valence-electron chi connectivity index (χ2n) is 11.9. The van der Waals surface area contributed by atoms with Crippen LogP contribution < -0.4 is 10.6 Å². The number of anilines is 1. The number of ketones is 2. The number of Topliss-reactive ketones (excluding diaryl/α,β-unsaturated/α-hetero) is 2. The Morgan fingerprint density at radius 1 is 1.15 bits per heavy atom. The summed E-state index contributed by atoms with van der Waals surface area (Å²) in [4.78, 5) is 44.9. The van der Waals surface area contributed by atoms with E-state index in [0.717, 1.165) is 24.3 Å². The minimum absolute atomic E-state index is 0.0356. The van der Waals surface area contributed by atoms with Crippen molar-refractivity contribution in [3.05, 3.63) is 39.7 Å². The van der Waals surface area contributed by atoms with E-state index >= 15 is 0 Å². The largest absolute Gasteiger partial charge is 0.508 e. The van der Waals surface area contributed by atoms with Crippen molar-refractivity contribution >= 4 is 28.9 Å². The van der Waals surface area contributed by atoms with Crippen molar-refractivity contribution < 1.29 is 39.9 Å². The van der Waals surface area contributed by atoms with Crippen LogP contribution in [-0.2, 0) is 27.3 Å². The van der Waals surface area contributed by atoms with Crippen molar-refractivity contribution in [1.82, 2.24) is 9.80 Å². The summed E-state index contributed by atoms with van der Waals surface area (Å²) in [7, 11) is 6.83. The Hall–Kier alpha value is -3.45. The second kappa shape index (κ2) is 9.58. The number of nitrogens with two attached hydrogens (primary N) is 1. The number of aromatic hydroxyl groups is 1. The zero-order valence-corrected chi connectivity index (χ0v) is 23.0. The number of amides is 1. The zero-order chi connectivity index (χ0) is 29.4. The smallest absolute Gasteiger partial charge is 0.255 e. The molecule has 216 valence electrons. The first-order chi connectivity index (χ1) is 18.7. The molecule has 5 rings (SSSR count). The van der Waals surface area contributed by atoms with Crippen LogP contribution in [0.15, 0.2) is 23.0 Å². The third-order valence-corrected chi connectivity index (χ3v) is 8.90. The molecule has 1 aromatic carbocycles. The van der Waals surface area contributed by atoms with E-state index in [1.807, 2.05) is 19.0 Å². The van der Waals surface area contributed by atoms with Gasteiger partial charge in [0.05, 0.1) is 11.6 Å². The number of carbonyl (C=O) groups is 3. The van der Waals surface area contributed by atoms with Gasteiger partial charge >= 0.3 is 0 Å². The monoisotopic (exact) mass is 556 g/mol. The molecule has 7 N–H and O–H groups in total. The molecule has 12 nitrogen and oxygen atoms in total. The number of primary amides is 1. The molecule has 0 aromatic heterocycles. The van der Waals surface area contributed by atoms with Crippen LogP contribution in [0.1, 0.15) is 23.1 Å². The lowest BCUT2D eigenvalue weighted by Crippen LogP contribution is -2.65. The first-order valence-electron chi connectivity index (χ1n) is 13.3. The lowest BCUT2D eigenvalue weighted by molar-refractivity contribution is -0.153. The van der Waals surface area contributed by atoms with Crippen LogP contribution in [0.25, 0.3) is 5.76 Å². The van der Waals surface area contributed by atoms with Gasteiger partial charge in [-0.25, -0.2) is 0 Å². The molecule has 3 aliphatic carbocycles. The highest BCUT2D eigenvalue weighted by Crippen LogP contribution is 2.54. The predicted molar refractivity (Wildman–Crippen MR) is 144 cm³/mol. The minimum Gasteiger partial charge on any atom is -0.508 e. The average Bonchev–Trinajstić information content (AvgIpc) is 2.82. The number of phenols is 1. The van der Waals surface area contributed by atoms with E-state index in [-0.39, 0.29) is 42.3 Å². The number of benzene rings is 1. The van der Waals surface area contributed by atoms with Gasteiger partial charge in [-0.3, -0.25) is 24.2 Å². The lowest BCUT2D eigenvalue weighted by Gasteiger charge is -2.50. The Balaban J connectivity index is 1.66. The van der Waals surface area contributed by atoms with Crippen LogP contribution in [0.5, 0.6) is 5.75 Å². The third kappa shape index (κ3) is 3.85. The summed E-state index contributed by atoms with van der Waals surface area (Å²) in [6.45, 7) is 2.06. The summed E-state index contributed by atoms with van der Waals surface area (Å²) in [6.07, 6.45) is 0.261. The van der Waals surface area contributed by atoms with Crippen molar-refractivity contribution in [2.24, 2.45) is 23.5 Å². The number of rotatable bonds is 6. The van der Waals surface area contributed by atoms with Gasteiger partial charge in [-0.15, -0.1) is 0 Å². The maximum atomic E-state index is 14.0. The van der Waals surface area contributed by atoms with Gasteiger partial charge in [0.2, 0.25) is 5.78 Å². The molecule has 1 amide bonds. The number of fused-ring (bicyclic) bond motifs is 3. The van der Waals surface area contributed by atoms with Gasteiger partial charge in [-0.2, -0.15) is 0 Å². The molecule has 40 heavy (non-hydrogen) atoms. The highest BCUT2D eigenvalue weighted by atomic mass is 16.3. The molecular weight excluding hydrogens is 520 g/mol. The summed E-state index contributed by atoms with van der Waals surface area (Å²) in [5.74, 6) is -6.48. The second-order valence-corrected chi connectivity index (χ2v) is 11.9. The number of aliphatic hydroxyl groups excluding tert-OH is 3. The Morgan fingerprint density at radius 3 is 2.35 bits per heavy atom. The summed E-state index contributed by atoms with van der Waals surface area (Å²) >= 11 is 0. The number of carbonyl (C=O) groups excluding carboxylic acids is 3. The van der Waals surface area contributed by atoms with E-state index < -0.39 is 58.0 Å². The third-order valence-electron chi connectivity index (χ3n) is 8.90. The fraction of sp³-hybridized carbons (Fsp3) is 0.536. The van der Waals surface area contributed by atoms with Gasteiger partial charge in [0, 0.05) is 63.4 Å². The number of aliphatic hydroxyl groups is 4. The summed E-state index contributed by atoms with van der Waals surface area (Å²) in [5.41, 5.74) is 4.00. The number of likely N-dealkylation sites (N-methyl/N-ethyl adjacent to an activating group) is 1. The first-order valence-corrected chi connectivity index (χ1v) is 13.3. The molecule has 1 heterocycles. The van der Waals surface area contributed by atoms with Gasteiger partial charge in [0.25, 0.3) is 5.91 Å². The molecule has 1 aromatic rings. The van der Waals surface area contributed by atoms with Gasteiger partial charge < -0.3 is 36.2 Å². The van der Waals surface area contributed by atoms with Crippen molar-refractivity contribution in [3.8, 4) is 5.75 Å². The van der Waals surface area contributed by atoms with Gasteiger partial charge in [0.1, 0.15) is 22.8 Å². The molecule has 12 heteroatoms. The maximum absolute atomic E-state index is 14.0. The molecule has 4 aliphatic rings. The van der Waals surface area contributed by atoms with E-state index in [1.165, 1.54) is 4.90 Å². The molecule has 4 atom stereocenters. The summed E-state index contributed by atoms with van der Waals surface area (Å²) < 4.78 is 0. The molecular formula is C28H36N4O8. The van der Waals surface area contributed by atoms with Gasteiger partial charge in [-0.1, -0.05) is 0 Å². The summed E-state index contributed by atoms with van der Waals surface area (Å²) in [6, 6.07) is 0.420. The van der Waals surface area contributed by atoms with Crippen molar-refractivity contribution in [2.75, 3.05) is 52.8 Å². The molecule has 0 unspecified atom stereocenters. The van der Waals surface area contributed by atoms with Crippen LogP contribution in [0.4, 0.5) is 5.69 Å². The fourth-order valence-electron chi connectivity index (χ4n) is 7.21. The van der Waals surface area contributed by atoms with Crippen molar-refractivity contribution in [2.45, 2.75) is 31.0 Å². The standard InChI is InChI=1S/C28H36N4O8/c1-30(2)21-14(10-32-8-12(9-32)11-33)7-17(34)19-15(21)5-13-6-16-22(31(3)4)24(36)20(27(29)39)26(38)28(16,40)25(37)18(13)23(19)35/h7,12-13,16,22,33-35,38,40H,5-6,8-11H2,1-4H3,(H2,29,39)/t13-,16-,22-,28-/m0/s1. The Bertz CT molecular complexity index is 1380. The predicted octanol–water partition coefficient (Wildman–Crippen LogP) is -0.546. The maximum Gasteiger partial charge on any atom is 0.255 e. The topological polar surface area (TPSA) is 188 Å². The van der Waals surface area contributed by atoms with Crippen molar-refractivity contribution in [1.29, 1.82) is 0 Å². The highest BCUT2D eigenvalue weighted by molar-refractivity contribution is 6.24. The first kappa shape index (κ1) is 28.1. The molecule has 0 radical (unpaired) electrons. The van der Waals surface area contributed by atoms with Gasteiger partial charge in [-0.05, 0) is 50.0 Å². The number of hydrogen-bond donors (Lipinski definition) is 6. The molecule has 1 saturated carbocycles. The number of hydrogen-bond acceptors (Lipinski definition) is 11. The normalized spacial score (nSPS) is 28.8. The average molecular weight is 557 g/mol. The molecule has 0 spiro atoms. The van der Waals surface area contributed by atoms with Crippen LogP contribution in [0, 0.1) is 17.8 Å². The van der Waals surface area contributed by atoms with Crippen LogP contribution in [0.2, 0.25) is 0 Å². The SMILES string of the molecule is CN(C)c1c(CN2CC(CO)C2)cc(O)c2c1C[C@H]1C[C@H]3[C@H](N(C)C)C(=O)C(C(N)=O)=C(O)[C@@]3(O)C(=O)C1=C2O. The number of phenolic OH excluding ortho intramolecular Hbond substituents is 1. The Kier molecular flexibility index (Phi) is 6.73. The molecule has 0 bridgehead atoms. The Labute approximate surface area is 231 Å². The summed E-state index contributed by atoms with van der Waals surface area (Å²) in [5, 5.41) is 54.6. The minimum atomic E-state index is -2.66. The number of nitrogens with zero attached hydrogens (tertiary/aromatic N) is 3. The zero-order valence-electron chi connectivity index (χ0n) is 23.0. The van der Waals surface area contributed by atoms with E-state index in [1.54, 1.807) is 20.2 Å². The van der Waals surface area contributed by atoms with Gasteiger partial charge in [0.15, 0.2) is 11.4 Å². The quantitative estimate of drug-likeness (QED) is 0.247. The Morgan fingerprint density at radius 2 is 1.80 bits per heavy atom. The number of likely N-dealkylation sites (tertiary alicyclic amines) is 1.